The van der Waals surface area contributed by atoms with E-state index in [4.69, 9.17) is 18.9 Å². The molecule has 2 aromatic carbocycles. The molecule has 2 heterocycles. The molecule has 0 unspecified atom stereocenters. The quantitative estimate of drug-likeness (QED) is 0.616. The number of nitrogens with zero attached hydrogens (tertiary/aromatic N) is 1. The molecule has 1 aliphatic rings. The molecule has 1 aromatic heterocycles. The number of hydrogen-bond donors (Lipinski definition) is 1. The van der Waals surface area contributed by atoms with E-state index in [9.17, 15) is 0 Å². The average molecular weight is 392 g/mol. The Morgan fingerprint density at radius 1 is 0.897 bits per heavy atom. The van der Waals surface area contributed by atoms with Gasteiger partial charge in [0.25, 0.3) is 0 Å². The van der Waals surface area contributed by atoms with Gasteiger partial charge in [0.1, 0.15) is 13.2 Å². The first-order valence-corrected chi connectivity index (χ1v) is 9.75. The maximum absolute atomic E-state index is 5.86. The van der Waals surface area contributed by atoms with Crippen molar-refractivity contribution in [2.45, 2.75) is 20.0 Å². The maximum Gasteiger partial charge on any atom is 0.219 e. The first-order chi connectivity index (χ1) is 14.3. The molecule has 0 amide bonds. The van der Waals surface area contributed by atoms with Crippen molar-refractivity contribution in [1.29, 1.82) is 0 Å². The van der Waals surface area contributed by atoms with E-state index in [-0.39, 0.29) is 0 Å². The Hall–Kier alpha value is -3.25. The van der Waals surface area contributed by atoms with Gasteiger partial charge in [0.15, 0.2) is 23.0 Å². The summed E-state index contributed by atoms with van der Waals surface area (Å²) in [5.41, 5.74) is 2.22. The largest absolute Gasteiger partial charge is 0.490 e. The van der Waals surface area contributed by atoms with Gasteiger partial charge in [0.05, 0.1) is 6.61 Å². The molecule has 0 saturated carbocycles. The summed E-state index contributed by atoms with van der Waals surface area (Å²) in [5, 5.41) is 3.42. The van der Waals surface area contributed by atoms with E-state index in [2.05, 4.69) is 10.3 Å². The molecule has 1 aliphatic heterocycles. The van der Waals surface area contributed by atoms with E-state index >= 15 is 0 Å². The zero-order valence-electron chi connectivity index (χ0n) is 16.4. The fraction of sp³-hybridized carbons (Fsp3) is 0.261. The summed E-state index contributed by atoms with van der Waals surface area (Å²) in [4.78, 5) is 4.40. The lowest BCUT2D eigenvalue weighted by Crippen LogP contribution is -2.16. The number of benzene rings is 2. The van der Waals surface area contributed by atoms with Gasteiger partial charge in [-0.25, -0.2) is 4.98 Å². The maximum atomic E-state index is 5.86. The van der Waals surface area contributed by atoms with Crippen LogP contribution in [-0.4, -0.2) is 24.8 Å². The topological polar surface area (TPSA) is 61.8 Å². The molecular formula is C23H24N2O4. The minimum atomic E-state index is 0.535. The van der Waals surface area contributed by atoms with E-state index < -0.39 is 0 Å². The molecule has 6 heteroatoms. The van der Waals surface area contributed by atoms with Gasteiger partial charge < -0.3 is 24.3 Å². The summed E-state index contributed by atoms with van der Waals surface area (Å²) in [6.45, 7) is 5.17. The van der Waals surface area contributed by atoms with Crippen molar-refractivity contribution < 1.29 is 18.9 Å². The molecular weight excluding hydrogens is 368 g/mol. The van der Waals surface area contributed by atoms with E-state index in [0.717, 1.165) is 29.2 Å². The normalized spacial score (nSPS) is 12.4. The monoisotopic (exact) mass is 392 g/mol. The van der Waals surface area contributed by atoms with Crippen LogP contribution in [0.3, 0.4) is 0 Å². The van der Waals surface area contributed by atoms with Crippen molar-refractivity contribution in [3.8, 4) is 28.9 Å². The van der Waals surface area contributed by atoms with Crippen LogP contribution in [0.5, 0.6) is 28.9 Å². The molecule has 1 N–H and O–H groups in total. The van der Waals surface area contributed by atoms with Crippen LogP contribution in [0.2, 0.25) is 0 Å². The molecule has 0 aliphatic carbocycles. The Bertz CT molecular complexity index is 944. The highest BCUT2D eigenvalue weighted by molar-refractivity contribution is 5.44. The Kier molecular flexibility index (Phi) is 6.12. The van der Waals surface area contributed by atoms with Crippen LogP contribution in [0.25, 0.3) is 0 Å². The number of para-hydroxylation sites is 2. The molecule has 0 bridgehead atoms. The summed E-state index contributed by atoms with van der Waals surface area (Å²) in [6.07, 6.45) is 1.81. The van der Waals surface area contributed by atoms with Crippen LogP contribution in [0, 0.1) is 0 Å². The molecule has 29 heavy (non-hydrogen) atoms. The number of ether oxygens (including phenoxy) is 4. The Morgan fingerprint density at radius 3 is 2.45 bits per heavy atom. The summed E-state index contributed by atoms with van der Waals surface area (Å²) in [6, 6.07) is 17.5. The predicted molar refractivity (Wildman–Crippen MR) is 110 cm³/mol. The second kappa shape index (κ2) is 9.30. The Balaban J connectivity index is 1.31. The van der Waals surface area contributed by atoms with E-state index in [1.165, 1.54) is 0 Å². The fourth-order valence-corrected chi connectivity index (χ4v) is 3.05. The van der Waals surface area contributed by atoms with E-state index in [0.29, 0.717) is 43.7 Å². The van der Waals surface area contributed by atoms with Crippen molar-refractivity contribution in [1.82, 2.24) is 10.3 Å². The van der Waals surface area contributed by atoms with Crippen molar-refractivity contribution in [3.05, 3.63) is 71.9 Å². The lowest BCUT2D eigenvalue weighted by molar-refractivity contribution is 0.171. The first kappa shape index (κ1) is 19.1. The third-order valence-corrected chi connectivity index (χ3v) is 4.43. The van der Waals surface area contributed by atoms with Crippen molar-refractivity contribution >= 4 is 0 Å². The highest BCUT2D eigenvalue weighted by Crippen LogP contribution is 2.31. The highest BCUT2D eigenvalue weighted by atomic mass is 16.6. The van der Waals surface area contributed by atoms with Crippen molar-refractivity contribution in [2.24, 2.45) is 0 Å². The average Bonchev–Trinajstić information content (AvgIpc) is 2.76. The number of nitrogens with one attached hydrogen (secondary N) is 1. The van der Waals surface area contributed by atoms with Gasteiger partial charge >= 0.3 is 0 Å². The molecule has 3 aromatic rings. The van der Waals surface area contributed by atoms with Crippen LogP contribution in [0.15, 0.2) is 60.8 Å². The Morgan fingerprint density at radius 2 is 1.66 bits per heavy atom. The molecule has 0 radical (unpaired) electrons. The van der Waals surface area contributed by atoms with Gasteiger partial charge in [0, 0.05) is 25.4 Å². The summed E-state index contributed by atoms with van der Waals surface area (Å²) in [5.74, 6) is 3.53. The molecule has 150 valence electrons. The fourth-order valence-electron chi connectivity index (χ4n) is 3.05. The van der Waals surface area contributed by atoms with Crippen LogP contribution in [0.1, 0.15) is 18.1 Å². The van der Waals surface area contributed by atoms with Crippen LogP contribution < -0.4 is 24.3 Å². The van der Waals surface area contributed by atoms with Gasteiger partial charge in [-0.15, -0.1) is 0 Å². The third-order valence-electron chi connectivity index (χ3n) is 4.43. The number of hydrogen-bond acceptors (Lipinski definition) is 6. The zero-order valence-corrected chi connectivity index (χ0v) is 16.4. The highest BCUT2D eigenvalue weighted by Gasteiger charge is 2.11. The lowest BCUT2D eigenvalue weighted by Gasteiger charge is -2.19. The molecule has 4 rings (SSSR count). The molecule has 0 fully saturated rings. The number of fused-ring (bicyclic) bond motifs is 1. The summed E-state index contributed by atoms with van der Waals surface area (Å²) >= 11 is 0. The van der Waals surface area contributed by atoms with Gasteiger partial charge in [-0.05, 0) is 42.3 Å². The minimum Gasteiger partial charge on any atom is -0.490 e. The third kappa shape index (κ3) is 4.97. The summed E-state index contributed by atoms with van der Waals surface area (Å²) in [7, 11) is 0. The van der Waals surface area contributed by atoms with Crippen molar-refractivity contribution in [2.75, 3.05) is 19.8 Å². The van der Waals surface area contributed by atoms with Gasteiger partial charge in [0.2, 0.25) is 5.88 Å². The Labute approximate surface area is 170 Å². The van der Waals surface area contributed by atoms with Gasteiger partial charge in [-0.2, -0.15) is 0 Å². The minimum absolute atomic E-state index is 0.535. The number of rotatable bonds is 8. The molecule has 0 spiro atoms. The number of aromatic nitrogens is 1. The second-order valence-corrected chi connectivity index (χ2v) is 6.57. The smallest absolute Gasteiger partial charge is 0.219 e. The van der Waals surface area contributed by atoms with Gasteiger partial charge in [-0.3, -0.25) is 0 Å². The van der Waals surface area contributed by atoms with Crippen LogP contribution in [-0.2, 0) is 13.1 Å². The molecule has 6 nitrogen and oxygen atoms in total. The first-order valence-electron chi connectivity index (χ1n) is 9.75. The lowest BCUT2D eigenvalue weighted by atomic mass is 10.2. The predicted octanol–water partition coefficient (Wildman–Crippen LogP) is 4.33. The van der Waals surface area contributed by atoms with Gasteiger partial charge in [-0.1, -0.05) is 24.3 Å². The van der Waals surface area contributed by atoms with E-state index in [1.54, 1.807) is 0 Å². The molecule has 0 atom stereocenters. The zero-order chi connectivity index (χ0) is 19.9. The second-order valence-electron chi connectivity index (χ2n) is 6.57. The van der Waals surface area contributed by atoms with Crippen LogP contribution in [0.4, 0.5) is 0 Å². The summed E-state index contributed by atoms with van der Waals surface area (Å²) < 4.78 is 22.6. The van der Waals surface area contributed by atoms with E-state index in [1.807, 2.05) is 67.7 Å². The van der Waals surface area contributed by atoms with Crippen molar-refractivity contribution in [3.63, 3.8) is 0 Å². The standard InChI is InChI=1S/C23H24N2O4/c1-2-26-19-5-3-4-6-21(19)29-23-10-8-18(16-25-23)15-24-14-17-7-9-20-22(13-17)28-12-11-27-20/h3-10,13,16,24H,2,11-12,14-15H2,1H3. The molecule has 0 saturated heterocycles. The van der Waals surface area contributed by atoms with Crippen LogP contribution >= 0.6 is 0 Å². The SMILES string of the molecule is CCOc1ccccc1Oc1ccc(CNCc2ccc3c(c2)OCCO3)cn1. The number of pyridine rings is 1.